The minimum absolute atomic E-state index is 0.0420. The van der Waals surface area contributed by atoms with Crippen LogP contribution in [0.15, 0.2) is 24.3 Å². The molecule has 0 radical (unpaired) electrons. The highest BCUT2D eigenvalue weighted by Gasteiger charge is 2.43. The van der Waals surface area contributed by atoms with Gasteiger partial charge in [-0.15, -0.1) is 0 Å². The van der Waals surface area contributed by atoms with Gasteiger partial charge >= 0.3 is 6.18 Å². The Morgan fingerprint density at radius 1 is 1.30 bits per heavy atom. The average Bonchev–Trinajstić information content (AvgIpc) is 2.64. The van der Waals surface area contributed by atoms with Crippen molar-refractivity contribution in [3.05, 3.63) is 29.8 Å². The number of halogens is 3. The van der Waals surface area contributed by atoms with E-state index in [1.165, 1.54) is 4.90 Å². The van der Waals surface area contributed by atoms with Crippen LogP contribution in [0.4, 0.5) is 13.2 Å². The molecule has 1 aliphatic heterocycles. The zero-order valence-corrected chi connectivity index (χ0v) is 11.4. The quantitative estimate of drug-likeness (QED) is 0.924. The van der Waals surface area contributed by atoms with Crippen LogP contribution in [0.2, 0.25) is 0 Å². The Bertz CT molecular complexity index is 419. The number of hydrogen-bond acceptors (Lipinski definition) is 3. The van der Waals surface area contributed by atoms with E-state index in [1.807, 2.05) is 12.1 Å². The van der Waals surface area contributed by atoms with Crippen molar-refractivity contribution in [2.75, 3.05) is 26.7 Å². The highest BCUT2D eigenvalue weighted by atomic mass is 19.4. The molecule has 0 aromatic heterocycles. The van der Waals surface area contributed by atoms with Crippen LogP contribution in [-0.4, -0.2) is 43.9 Å². The molecule has 0 aliphatic carbocycles. The van der Waals surface area contributed by atoms with E-state index in [4.69, 9.17) is 4.74 Å². The van der Waals surface area contributed by atoms with Crippen molar-refractivity contribution in [2.45, 2.75) is 25.2 Å². The van der Waals surface area contributed by atoms with Gasteiger partial charge in [0, 0.05) is 19.6 Å². The number of nitrogens with zero attached hydrogens (tertiary/aromatic N) is 1. The maximum Gasteiger partial charge on any atom is 0.405 e. The fourth-order valence-electron chi connectivity index (χ4n) is 2.41. The maximum atomic E-state index is 13.1. The number of alkyl halides is 3. The van der Waals surface area contributed by atoms with E-state index in [1.54, 1.807) is 19.2 Å². The summed E-state index contributed by atoms with van der Waals surface area (Å²) in [5.41, 5.74) is 0.863. The third-order valence-corrected chi connectivity index (χ3v) is 3.50. The summed E-state index contributed by atoms with van der Waals surface area (Å²) >= 11 is 0. The van der Waals surface area contributed by atoms with Gasteiger partial charge < -0.3 is 10.1 Å². The molecule has 112 valence electrons. The topological polar surface area (TPSA) is 24.5 Å². The third-order valence-electron chi connectivity index (χ3n) is 3.50. The molecule has 1 N–H and O–H groups in total. The number of ether oxygens (including phenoxy) is 1. The summed E-state index contributed by atoms with van der Waals surface area (Å²) in [7, 11) is 1.56. The summed E-state index contributed by atoms with van der Waals surface area (Å²) < 4.78 is 44.3. The van der Waals surface area contributed by atoms with Crippen molar-refractivity contribution in [1.82, 2.24) is 10.2 Å². The molecule has 1 aliphatic rings. The first kappa shape index (κ1) is 15.1. The summed E-state index contributed by atoms with van der Waals surface area (Å²) in [5.74, 6) is 0.707. The zero-order chi connectivity index (χ0) is 14.6. The fourth-order valence-corrected chi connectivity index (χ4v) is 2.41. The average molecular weight is 288 g/mol. The van der Waals surface area contributed by atoms with Gasteiger partial charge in [-0.1, -0.05) is 12.1 Å². The number of rotatable bonds is 3. The second kappa shape index (κ2) is 6.45. The molecule has 3 nitrogen and oxygen atoms in total. The Balaban J connectivity index is 2.10. The van der Waals surface area contributed by atoms with Crippen molar-refractivity contribution in [3.8, 4) is 5.75 Å². The summed E-state index contributed by atoms with van der Waals surface area (Å²) in [5, 5.41) is 2.86. The third kappa shape index (κ3) is 3.86. The molecule has 2 rings (SSSR count). The lowest BCUT2D eigenvalue weighted by atomic mass is 10.1. The molecule has 0 bridgehead atoms. The number of methoxy groups -OCH3 is 1. The van der Waals surface area contributed by atoms with E-state index < -0.39 is 12.2 Å². The standard InChI is InChI=1S/C14H19F3N2O/c1-20-12-5-3-11(4-6-12)10-19-8-2-7-18-9-13(19)14(15,16)17/h3-6,13,18H,2,7-10H2,1H3. The normalized spacial score (nSPS) is 21.5. The molecule has 20 heavy (non-hydrogen) atoms. The highest BCUT2D eigenvalue weighted by molar-refractivity contribution is 5.27. The predicted octanol–water partition coefficient (Wildman–Crippen LogP) is 2.42. The van der Waals surface area contributed by atoms with Gasteiger partial charge in [0.15, 0.2) is 0 Å². The molecule has 1 aromatic carbocycles. The van der Waals surface area contributed by atoms with Crippen LogP contribution in [0.5, 0.6) is 5.75 Å². The largest absolute Gasteiger partial charge is 0.497 e. The molecule has 0 amide bonds. The Morgan fingerprint density at radius 2 is 2.00 bits per heavy atom. The summed E-state index contributed by atoms with van der Waals surface area (Å²) in [6.45, 7) is 1.34. The summed E-state index contributed by atoms with van der Waals surface area (Å²) in [6.07, 6.45) is -3.48. The van der Waals surface area contributed by atoms with Gasteiger partial charge in [0.05, 0.1) is 7.11 Å². The van der Waals surface area contributed by atoms with E-state index in [-0.39, 0.29) is 6.54 Å². The Labute approximate surface area is 116 Å². The zero-order valence-electron chi connectivity index (χ0n) is 11.4. The molecular formula is C14H19F3N2O. The van der Waals surface area contributed by atoms with Crippen LogP contribution in [0.25, 0.3) is 0 Å². The van der Waals surface area contributed by atoms with E-state index in [0.717, 1.165) is 12.0 Å². The van der Waals surface area contributed by atoms with Crippen LogP contribution in [0, 0.1) is 0 Å². The molecule has 1 aromatic rings. The first-order valence-corrected chi connectivity index (χ1v) is 6.65. The molecule has 1 fully saturated rings. The number of nitrogens with one attached hydrogen (secondary N) is 1. The highest BCUT2D eigenvalue weighted by Crippen LogP contribution is 2.27. The van der Waals surface area contributed by atoms with Crippen LogP contribution in [0.1, 0.15) is 12.0 Å². The van der Waals surface area contributed by atoms with Gasteiger partial charge in [-0.3, -0.25) is 4.90 Å². The molecule has 6 heteroatoms. The lowest BCUT2D eigenvalue weighted by Crippen LogP contribution is -2.49. The van der Waals surface area contributed by atoms with E-state index in [0.29, 0.717) is 25.4 Å². The van der Waals surface area contributed by atoms with Gasteiger partial charge in [0.2, 0.25) is 0 Å². The monoisotopic (exact) mass is 288 g/mol. The fraction of sp³-hybridized carbons (Fsp3) is 0.571. The van der Waals surface area contributed by atoms with Gasteiger partial charge in [-0.05, 0) is 30.7 Å². The van der Waals surface area contributed by atoms with E-state index in [9.17, 15) is 13.2 Å². The van der Waals surface area contributed by atoms with Crippen molar-refractivity contribution in [1.29, 1.82) is 0 Å². The maximum absolute atomic E-state index is 13.1. The molecule has 0 saturated carbocycles. The van der Waals surface area contributed by atoms with Crippen LogP contribution < -0.4 is 10.1 Å². The number of hydrogen-bond donors (Lipinski definition) is 1. The molecular weight excluding hydrogens is 269 g/mol. The van der Waals surface area contributed by atoms with Gasteiger partial charge in [-0.2, -0.15) is 13.2 Å². The minimum atomic E-state index is -4.20. The van der Waals surface area contributed by atoms with Crippen molar-refractivity contribution in [2.24, 2.45) is 0 Å². The second-order valence-corrected chi connectivity index (χ2v) is 4.93. The van der Waals surface area contributed by atoms with Crippen LogP contribution >= 0.6 is 0 Å². The van der Waals surface area contributed by atoms with Crippen molar-refractivity contribution in [3.63, 3.8) is 0 Å². The van der Waals surface area contributed by atoms with E-state index >= 15 is 0 Å². The molecule has 1 unspecified atom stereocenters. The predicted molar refractivity (Wildman–Crippen MR) is 70.7 cm³/mol. The molecule has 1 saturated heterocycles. The van der Waals surface area contributed by atoms with Crippen LogP contribution in [-0.2, 0) is 6.54 Å². The molecule has 1 atom stereocenters. The second-order valence-electron chi connectivity index (χ2n) is 4.93. The molecule has 0 spiro atoms. The Hall–Kier alpha value is -1.27. The lowest BCUT2D eigenvalue weighted by Gasteiger charge is -2.31. The van der Waals surface area contributed by atoms with Crippen LogP contribution in [0.3, 0.4) is 0 Å². The van der Waals surface area contributed by atoms with Gasteiger partial charge in [0.1, 0.15) is 11.8 Å². The van der Waals surface area contributed by atoms with E-state index in [2.05, 4.69) is 5.32 Å². The van der Waals surface area contributed by atoms with Gasteiger partial charge in [0.25, 0.3) is 0 Å². The lowest BCUT2D eigenvalue weighted by molar-refractivity contribution is -0.182. The Kier molecular flexibility index (Phi) is 4.88. The minimum Gasteiger partial charge on any atom is -0.497 e. The van der Waals surface area contributed by atoms with Gasteiger partial charge in [-0.25, -0.2) is 0 Å². The Morgan fingerprint density at radius 3 is 2.60 bits per heavy atom. The first-order chi connectivity index (χ1) is 9.50. The van der Waals surface area contributed by atoms with Crippen molar-refractivity contribution >= 4 is 0 Å². The summed E-state index contributed by atoms with van der Waals surface area (Å²) in [6, 6.07) is 5.74. The number of benzene rings is 1. The smallest absolute Gasteiger partial charge is 0.405 e. The first-order valence-electron chi connectivity index (χ1n) is 6.65. The SMILES string of the molecule is COc1ccc(CN2CCCNCC2C(F)(F)F)cc1. The van der Waals surface area contributed by atoms with Crippen molar-refractivity contribution < 1.29 is 17.9 Å². The summed E-state index contributed by atoms with van der Waals surface area (Å²) in [4.78, 5) is 1.50. The molecule has 1 heterocycles.